The first kappa shape index (κ1) is 11.4. The second-order valence-electron chi connectivity index (χ2n) is 5.65. The smallest absolute Gasteiger partial charge is 0.147 e. The number of hydrogen-bond acceptors (Lipinski definition) is 0. The summed E-state index contributed by atoms with van der Waals surface area (Å²) in [5.41, 5.74) is 4.82. The first-order valence-corrected chi connectivity index (χ1v) is 6.72. The molecule has 0 bridgehead atoms. The summed E-state index contributed by atoms with van der Waals surface area (Å²) in [5, 5.41) is 0. The van der Waals surface area contributed by atoms with Crippen LogP contribution in [0.15, 0.2) is 0 Å². The van der Waals surface area contributed by atoms with Gasteiger partial charge >= 0.3 is 0 Å². The molecular weight excluding hydrogens is 186 g/mol. The molecule has 2 aliphatic rings. The third kappa shape index (κ3) is 2.35. The van der Waals surface area contributed by atoms with Crippen molar-refractivity contribution in [1.29, 1.82) is 0 Å². The summed E-state index contributed by atoms with van der Waals surface area (Å²) in [6.07, 6.45) is 7.22. The van der Waals surface area contributed by atoms with Gasteiger partial charge in [0.25, 0.3) is 0 Å². The summed E-state index contributed by atoms with van der Waals surface area (Å²) in [4.78, 5) is 3.59. The molecule has 0 atom stereocenters. The molecule has 15 heavy (non-hydrogen) atoms. The number of piperazine rings is 1. The van der Waals surface area contributed by atoms with Gasteiger partial charge in [-0.2, -0.15) is 0 Å². The standard InChI is InChI=1S/C12H25N3/c1-14-7-9-15(10-8-14)12(11-13)5-3-2-4-6-12/h2-11,13H2,1H3/p+3. The maximum Gasteiger partial charge on any atom is 0.147 e. The van der Waals surface area contributed by atoms with E-state index in [0.29, 0.717) is 5.54 Å². The van der Waals surface area contributed by atoms with Crippen LogP contribution in [0.2, 0.25) is 0 Å². The zero-order valence-corrected chi connectivity index (χ0v) is 10.3. The lowest BCUT2D eigenvalue weighted by molar-refractivity contribution is -1.03. The third-order valence-electron chi connectivity index (χ3n) is 4.75. The van der Waals surface area contributed by atoms with E-state index in [1.165, 1.54) is 58.3 Å². The van der Waals surface area contributed by atoms with Gasteiger partial charge in [-0.1, -0.05) is 6.42 Å². The molecule has 1 aliphatic carbocycles. The zero-order chi connectivity index (χ0) is 10.7. The first-order valence-electron chi connectivity index (χ1n) is 6.72. The molecule has 88 valence electrons. The summed E-state index contributed by atoms with van der Waals surface area (Å²) < 4.78 is 0. The Morgan fingerprint density at radius 1 is 1.00 bits per heavy atom. The van der Waals surface area contributed by atoms with Crippen molar-refractivity contribution in [2.45, 2.75) is 37.6 Å². The topological polar surface area (TPSA) is 36.5 Å². The van der Waals surface area contributed by atoms with E-state index < -0.39 is 0 Å². The minimum absolute atomic E-state index is 0.568. The van der Waals surface area contributed by atoms with Crippen molar-refractivity contribution in [2.24, 2.45) is 0 Å². The molecule has 0 unspecified atom stereocenters. The van der Waals surface area contributed by atoms with Gasteiger partial charge in [0.05, 0.1) is 7.05 Å². The fourth-order valence-electron chi connectivity index (χ4n) is 3.52. The van der Waals surface area contributed by atoms with Gasteiger partial charge in [0, 0.05) is 12.8 Å². The SMILES string of the molecule is C[NH+]1CC[NH+](C2(C[NH3+])CCCCC2)CC1. The Morgan fingerprint density at radius 3 is 2.13 bits per heavy atom. The molecule has 0 aromatic carbocycles. The van der Waals surface area contributed by atoms with Gasteiger partial charge in [0.1, 0.15) is 38.3 Å². The molecule has 3 nitrogen and oxygen atoms in total. The Balaban J connectivity index is 1.98. The number of likely N-dealkylation sites (N-methyl/N-ethyl adjacent to an activating group) is 1. The van der Waals surface area contributed by atoms with E-state index in [2.05, 4.69) is 12.8 Å². The number of quaternary nitrogens is 3. The monoisotopic (exact) mass is 214 g/mol. The molecule has 1 saturated carbocycles. The highest BCUT2D eigenvalue weighted by atomic mass is 15.3. The van der Waals surface area contributed by atoms with Gasteiger partial charge < -0.3 is 15.5 Å². The van der Waals surface area contributed by atoms with E-state index in [1.54, 1.807) is 4.90 Å². The van der Waals surface area contributed by atoms with Crippen LogP contribution in [0.1, 0.15) is 32.1 Å². The lowest BCUT2D eigenvalue weighted by atomic mass is 9.80. The highest BCUT2D eigenvalue weighted by Crippen LogP contribution is 2.24. The van der Waals surface area contributed by atoms with Crippen molar-refractivity contribution in [3.63, 3.8) is 0 Å². The Kier molecular flexibility index (Phi) is 3.65. The lowest BCUT2D eigenvalue weighted by Gasteiger charge is -2.43. The fourth-order valence-corrected chi connectivity index (χ4v) is 3.52. The summed E-state index contributed by atoms with van der Waals surface area (Å²) in [5.74, 6) is 0. The van der Waals surface area contributed by atoms with Crippen LogP contribution in [-0.4, -0.2) is 45.3 Å². The maximum atomic E-state index is 4.25. The van der Waals surface area contributed by atoms with E-state index in [0.717, 1.165) is 6.54 Å². The molecule has 1 saturated heterocycles. The quantitative estimate of drug-likeness (QED) is 0.449. The Bertz CT molecular complexity index is 191. The van der Waals surface area contributed by atoms with Crippen molar-refractivity contribution >= 4 is 0 Å². The lowest BCUT2D eigenvalue weighted by Crippen LogP contribution is -3.31. The van der Waals surface area contributed by atoms with Crippen molar-refractivity contribution in [2.75, 3.05) is 39.8 Å². The molecule has 0 aromatic rings. The van der Waals surface area contributed by atoms with Crippen LogP contribution < -0.4 is 15.5 Å². The van der Waals surface area contributed by atoms with Gasteiger partial charge in [0.15, 0.2) is 0 Å². The predicted molar refractivity (Wildman–Crippen MR) is 60.9 cm³/mol. The van der Waals surface area contributed by atoms with Crippen LogP contribution >= 0.6 is 0 Å². The number of nitrogens with one attached hydrogen (secondary N) is 2. The van der Waals surface area contributed by atoms with Crippen LogP contribution in [0.25, 0.3) is 0 Å². The molecule has 2 rings (SSSR count). The van der Waals surface area contributed by atoms with Gasteiger partial charge in [-0.25, -0.2) is 0 Å². The summed E-state index contributed by atoms with van der Waals surface area (Å²) in [6.45, 7) is 6.62. The normalized spacial score (nSPS) is 36.4. The van der Waals surface area contributed by atoms with Crippen molar-refractivity contribution in [3.8, 4) is 0 Å². The Morgan fingerprint density at radius 2 is 1.60 bits per heavy atom. The molecule has 2 fully saturated rings. The highest BCUT2D eigenvalue weighted by molar-refractivity contribution is 4.81. The second kappa shape index (κ2) is 4.81. The summed E-state index contributed by atoms with van der Waals surface area (Å²) >= 11 is 0. The first-order chi connectivity index (χ1) is 7.27. The molecular formula is C12H28N3+3. The van der Waals surface area contributed by atoms with Crippen LogP contribution in [0.4, 0.5) is 0 Å². The average molecular weight is 214 g/mol. The van der Waals surface area contributed by atoms with Crippen molar-refractivity contribution in [1.82, 2.24) is 0 Å². The number of rotatable bonds is 2. The van der Waals surface area contributed by atoms with E-state index >= 15 is 0 Å². The predicted octanol–water partition coefficient (Wildman–Crippen LogP) is -2.66. The van der Waals surface area contributed by atoms with Crippen LogP contribution in [0, 0.1) is 0 Å². The largest absolute Gasteiger partial charge is 0.352 e. The third-order valence-corrected chi connectivity index (χ3v) is 4.75. The van der Waals surface area contributed by atoms with Crippen LogP contribution in [0.3, 0.4) is 0 Å². The summed E-state index contributed by atoms with van der Waals surface area (Å²) in [6, 6.07) is 0. The minimum Gasteiger partial charge on any atom is -0.352 e. The molecule has 0 aromatic heterocycles. The van der Waals surface area contributed by atoms with E-state index in [9.17, 15) is 0 Å². The Labute approximate surface area is 93.6 Å². The highest BCUT2D eigenvalue weighted by Gasteiger charge is 2.44. The van der Waals surface area contributed by atoms with Gasteiger partial charge in [-0.3, -0.25) is 0 Å². The average Bonchev–Trinajstić information content (AvgIpc) is 2.31. The van der Waals surface area contributed by atoms with Crippen molar-refractivity contribution in [3.05, 3.63) is 0 Å². The minimum atomic E-state index is 0.568. The Hall–Kier alpha value is -0.120. The molecule has 0 spiro atoms. The van der Waals surface area contributed by atoms with Crippen molar-refractivity contribution < 1.29 is 15.5 Å². The summed E-state index contributed by atoms with van der Waals surface area (Å²) in [7, 11) is 2.33. The van der Waals surface area contributed by atoms with E-state index in [1.807, 2.05) is 4.90 Å². The van der Waals surface area contributed by atoms with Crippen LogP contribution in [-0.2, 0) is 0 Å². The molecule has 0 amide bonds. The van der Waals surface area contributed by atoms with Crippen LogP contribution in [0.5, 0.6) is 0 Å². The van der Waals surface area contributed by atoms with Gasteiger partial charge in [-0.15, -0.1) is 0 Å². The molecule has 0 radical (unpaired) electrons. The molecule has 5 N–H and O–H groups in total. The zero-order valence-electron chi connectivity index (χ0n) is 10.3. The molecule has 1 heterocycles. The molecule has 3 heteroatoms. The maximum absolute atomic E-state index is 4.25. The molecule has 1 aliphatic heterocycles. The fraction of sp³-hybridized carbons (Fsp3) is 1.00. The second-order valence-corrected chi connectivity index (χ2v) is 5.65. The van der Waals surface area contributed by atoms with Gasteiger partial charge in [-0.05, 0) is 12.8 Å². The van der Waals surface area contributed by atoms with E-state index in [-0.39, 0.29) is 0 Å². The van der Waals surface area contributed by atoms with E-state index in [4.69, 9.17) is 0 Å². The van der Waals surface area contributed by atoms with Gasteiger partial charge in [0.2, 0.25) is 0 Å². The number of hydrogen-bond donors (Lipinski definition) is 3.